The van der Waals surface area contributed by atoms with Gasteiger partial charge in [-0.1, -0.05) is 32.9 Å². The number of carbonyl (C=O) groups is 1. The molecule has 2 fully saturated rings. The van der Waals surface area contributed by atoms with Crippen LogP contribution in [-0.4, -0.2) is 23.9 Å². The molecular formula is C18H24FNO. The molecule has 1 aliphatic carbocycles. The van der Waals surface area contributed by atoms with Gasteiger partial charge in [-0.15, -0.1) is 0 Å². The molecule has 0 radical (unpaired) electrons. The summed E-state index contributed by atoms with van der Waals surface area (Å²) in [5, 5.41) is 0. The highest BCUT2D eigenvalue weighted by molar-refractivity contribution is 5.79. The van der Waals surface area contributed by atoms with E-state index in [1.54, 1.807) is 6.07 Å². The number of amides is 1. The standard InChI is InChI=1S/C18H24FNO/c1-17(2)14-7-8-18(17,3)12-20(11-14)16(21)10-13-5-4-6-15(19)9-13/h4-6,9,14H,7-8,10-12H2,1-3H3/t14?,18-/m0/s1. The first-order valence-electron chi connectivity index (χ1n) is 7.84. The van der Waals surface area contributed by atoms with Crippen LogP contribution in [-0.2, 0) is 11.2 Å². The summed E-state index contributed by atoms with van der Waals surface area (Å²) in [6, 6.07) is 6.37. The molecule has 114 valence electrons. The number of halogens is 1. The van der Waals surface area contributed by atoms with Crippen molar-refractivity contribution < 1.29 is 9.18 Å². The van der Waals surface area contributed by atoms with Gasteiger partial charge in [0, 0.05) is 13.1 Å². The molecule has 1 heterocycles. The molecule has 0 N–H and O–H groups in total. The van der Waals surface area contributed by atoms with Gasteiger partial charge in [0.15, 0.2) is 0 Å². The van der Waals surface area contributed by atoms with Crippen molar-refractivity contribution in [2.75, 3.05) is 13.1 Å². The highest BCUT2D eigenvalue weighted by Crippen LogP contribution is 2.58. The van der Waals surface area contributed by atoms with Crippen LogP contribution < -0.4 is 0 Å². The normalized spacial score (nSPS) is 30.5. The molecule has 0 aromatic heterocycles. The second-order valence-corrected chi connectivity index (χ2v) is 7.60. The van der Waals surface area contributed by atoms with Crippen molar-refractivity contribution in [3.05, 3.63) is 35.6 Å². The quantitative estimate of drug-likeness (QED) is 0.814. The van der Waals surface area contributed by atoms with E-state index in [9.17, 15) is 9.18 Å². The summed E-state index contributed by atoms with van der Waals surface area (Å²) in [7, 11) is 0. The van der Waals surface area contributed by atoms with E-state index in [0.29, 0.717) is 17.8 Å². The molecule has 21 heavy (non-hydrogen) atoms. The van der Waals surface area contributed by atoms with E-state index in [-0.39, 0.29) is 17.1 Å². The molecule has 2 atom stereocenters. The molecule has 2 nitrogen and oxygen atoms in total. The average Bonchev–Trinajstić information content (AvgIpc) is 2.56. The number of hydrogen-bond donors (Lipinski definition) is 0. The number of piperidine rings is 1. The summed E-state index contributed by atoms with van der Waals surface area (Å²) < 4.78 is 13.2. The number of likely N-dealkylation sites (tertiary alicyclic amines) is 1. The number of rotatable bonds is 2. The first kappa shape index (κ1) is 14.6. The van der Waals surface area contributed by atoms with Gasteiger partial charge in [0.2, 0.25) is 5.91 Å². The van der Waals surface area contributed by atoms with Gasteiger partial charge >= 0.3 is 0 Å². The SMILES string of the molecule is CC1(C)C2CC[C@@]1(C)CN(C(=O)Cc1cccc(F)c1)C2. The topological polar surface area (TPSA) is 20.3 Å². The van der Waals surface area contributed by atoms with Gasteiger partial charge in [0.05, 0.1) is 6.42 Å². The maximum atomic E-state index is 13.2. The lowest BCUT2D eigenvalue weighted by Crippen LogP contribution is -2.54. The van der Waals surface area contributed by atoms with Gasteiger partial charge in [-0.25, -0.2) is 4.39 Å². The molecule has 3 rings (SSSR count). The smallest absolute Gasteiger partial charge is 0.227 e. The number of benzene rings is 1. The Morgan fingerprint density at radius 2 is 2.14 bits per heavy atom. The highest BCUT2D eigenvalue weighted by Gasteiger charge is 2.55. The molecule has 2 bridgehead atoms. The third-order valence-electron chi connectivity index (χ3n) is 6.20. The van der Waals surface area contributed by atoms with E-state index in [4.69, 9.17) is 0 Å². The zero-order valence-corrected chi connectivity index (χ0v) is 13.2. The lowest BCUT2D eigenvalue weighted by molar-refractivity contribution is -0.138. The molecule has 1 saturated heterocycles. The zero-order valence-electron chi connectivity index (χ0n) is 13.2. The summed E-state index contributed by atoms with van der Waals surface area (Å²) in [5.41, 5.74) is 1.29. The number of carbonyl (C=O) groups excluding carboxylic acids is 1. The van der Waals surface area contributed by atoms with Crippen LogP contribution in [0.4, 0.5) is 4.39 Å². The highest BCUT2D eigenvalue weighted by atomic mass is 19.1. The van der Waals surface area contributed by atoms with Crippen molar-refractivity contribution in [1.82, 2.24) is 4.90 Å². The van der Waals surface area contributed by atoms with Gasteiger partial charge < -0.3 is 4.90 Å². The van der Waals surface area contributed by atoms with Crippen molar-refractivity contribution in [3.63, 3.8) is 0 Å². The van der Waals surface area contributed by atoms with Crippen LogP contribution in [0.15, 0.2) is 24.3 Å². The maximum Gasteiger partial charge on any atom is 0.227 e. The minimum absolute atomic E-state index is 0.134. The first-order chi connectivity index (χ1) is 9.82. The Balaban J connectivity index is 1.73. The predicted molar refractivity (Wildman–Crippen MR) is 81.3 cm³/mol. The lowest BCUT2D eigenvalue weighted by atomic mass is 9.63. The van der Waals surface area contributed by atoms with Crippen LogP contribution in [0, 0.1) is 22.6 Å². The molecule has 1 unspecified atom stereocenters. The van der Waals surface area contributed by atoms with Crippen LogP contribution in [0.3, 0.4) is 0 Å². The van der Waals surface area contributed by atoms with Gasteiger partial charge in [-0.3, -0.25) is 4.79 Å². The van der Waals surface area contributed by atoms with Crippen molar-refractivity contribution in [2.24, 2.45) is 16.7 Å². The predicted octanol–water partition coefficient (Wildman–Crippen LogP) is 3.65. The molecule has 1 aromatic rings. The van der Waals surface area contributed by atoms with Crippen LogP contribution in [0.25, 0.3) is 0 Å². The van der Waals surface area contributed by atoms with Crippen LogP contribution >= 0.6 is 0 Å². The Labute approximate surface area is 126 Å². The van der Waals surface area contributed by atoms with Crippen LogP contribution in [0.1, 0.15) is 39.2 Å². The third kappa shape index (κ3) is 2.37. The Bertz CT molecular complexity index is 568. The second kappa shape index (κ2) is 4.82. The monoisotopic (exact) mass is 289 g/mol. The molecule has 1 aromatic carbocycles. The van der Waals surface area contributed by atoms with E-state index in [0.717, 1.165) is 18.7 Å². The largest absolute Gasteiger partial charge is 0.342 e. The van der Waals surface area contributed by atoms with Crippen molar-refractivity contribution >= 4 is 5.91 Å². The van der Waals surface area contributed by atoms with E-state index < -0.39 is 0 Å². The zero-order chi connectivity index (χ0) is 15.3. The fourth-order valence-electron chi connectivity index (χ4n) is 4.15. The van der Waals surface area contributed by atoms with Crippen LogP contribution in [0.2, 0.25) is 0 Å². The Hall–Kier alpha value is -1.38. The molecule has 2 aliphatic rings. The van der Waals surface area contributed by atoms with E-state index in [1.165, 1.54) is 25.0 Å². The minimum atomic E-state index is -0.271. The van der Waals surface area contributed by atoms with E-state index >= 15 is 0 Å². The molecule has 3 heteroatoms. The number of hydrogen-bond acceptors (Lipinski definition) is 1. The van der Waals surface area contributed by atoms with Gasteiger partial charge in [-0.2, -0.15) is 0 Å². The fourth-order valence-corrected chi connectivity index (χ4v) is 4.15. The summed E-state index contributed by atoms with van der Waals surface area (Å²) in [6.45, 7) is 8.70. The lowest BCUT2D eigenvalue weighted by Gasteiger charge is -2.50. The summed E-state index contributed by atoms with van der Waals surface area (Å²) >= 11 is 0. The van der Waals surface area contributed by atoms with E-state index in [1.807, 2.05) is 11.0 Å². The molecule has 1 amide bonds. The van der Waals surface area contributed by atoms with Gasteiger partial charge in [0.1, 0.15) is 5.82 Å². The second-order valence-electron chi connectivity index (χ2n) is 7.60. The average molecular weight is 289 g/mol. The summed E-state index contributed by atoms with van der Waals surface area (Å²) in [5.74, 6) is 0.453. The number of fused-ring (bicyclic) bond motifs is 2. The van der Waals surface area contributed by atoms with Crippen molar-refractivity contribution in [1.29, 1.82) is 0 Å². The maximum absolute atomic E-state index is 13.2. The molecule has 1 aliphatic heterocycles. The van der Waals surface area contributed by atoms with Gasteiger partial charge in [-0.05, 0) is 47.3 Å². The molecule has 1 saturated carbocycles. The fraction of sp³-hybridized carbons (Fsp3) is 0.611. The molecular weight excluding hydrogens is 265 g/mol. The number of nitrogens with zero attached hydrogens (tertiary/aromatic N) is 1. The van der Waals surface area contributed by atoms with Gasteiger partial charge in [0.25, 0.3) is 0 Å². The van der Waals surface area contributed by atoms with E-state index in [2.05, 4.69) is 20.8 Å². The first-order valence-corrected chi connectivity index (χ1v) is 7.84. The third-order valence-corrected chi connectivity index (χ3v) is 6.20. The van der Waals surface area contributed by atoms with Crippen LogP contribution in [0.5, 0.6) is 0 Å². The Morgan fingerprint density at radius 1 is 1.38 bits per heavy atom. The Morgan fingerprint density at radius 3 is 2.81 bits per heavy atom. The summed E-state index contributed by atoms with van der Waals surface area (Å²) in [4.78, 5) is 14.6. The Kier molecular flexibility index (Phi) is 3.34. The molecule has 0 spiro atoms. The van der Waals surface area contributed by atoms with Crippen molar-refractivity contribution in [3.8, 4) is 0 Å². The summed E-state index contributed by atoms with van der Waals surface area (Å²) in [6.07, 6.45) is 2.72. The van der Waals surface area contributed by atoms with Crippen molar-refractivity contribution in [2.45, 2.75) is 40.0 Å². The minimum Gasteiger partial charge on any atom is -0.342 e.